The van der Waals surface area contributed by atoms with E-state index in [1.807, 2.05) is 42.5 Å². The molecule has 0 aliphatic rings. The highest BCUT2D eigenvalue weighted by molar-refractivity contribution is 6.03. The van der Waals surface area contributed by atoms with E-state index >= 15 is 0 Å². The van der Waals surface area contributed by atoms with Crippen LogP contribution in [0.1, 0.15) is 10.5 Å². The number of nitrogens with zero attached hydrogens (tertiary/aromatic N) is 3. The van der Waals surface area contributed by atoms with Crippen LogP contribution in [0.3, 0.4) is 0 Å². The van der Waals surface area contributed by atoms with Crippen LogP contribution in [0, 0.1) is 0 Å². The van der Waals surface area contributed by atoms with E-state index in [0.29, 0.717) is 11.6 Å². The van der Waals surface area contributed by atoms with Gasteiger partial charge in [0.1, 0.15) is 11.3 Å². The summed E-state index contributed by atoms with van der Waals surface area (Å²) >= 11 is 0. The smallest absolute Gasteiger partial charge is 0.276 e. The van der Waals surface area contributed by atoms with E-state index in [1.54, 1.807) is 16.8 Å². The monoisotopic (exact) mass is 277 g/mol. The second-order valence-corrected chi connectivity index (χ2v) is 4.63. The molecule has 0 bridgehead atoms. The molecule has 21 heavy (non-hydrogen) atoms. The van der Waals surface area contributed by atoms with Gasteiger partial charge in [-0.2, -0.15) is 0 Å². The van der Waals surface area contributed by atoms with Crippen LogP contribution >= 0.6 is 0 Å². The number of carbonyl (C=O) groups is 1. The Labute approximate surface area is 119 Å². The fraction of sp³-hybridized carbons (Fsp3) is 0. The first-order chi connectivity index (χ1) is 10.3. The van der Waals surface area contributed by atoms with Crippen molar-refractivity contribution in [2.75, 3.05) is 5.32 Å². The third-order valence-electron chi connectivity index (χ3n) is 3.27. The average molecular weight is 277 g/mol. The molecule has 2 N–H and O–H groups in total. The van der Waals surface area contributed by atoms with Crippen molar-refractivity contribution >= 4 is 28.5 Å². The second kappa shape index (κ2) is 4.45. The summed E-state index contributed by atoms with van der Waals surface area (Å²) in [7, 11) is 0. The quantitative estimate of drug-likeness (QED) is 0.591. The van der Waals surface area contributed by atoms with Crippen molar-refractivity contribution in [3.63, 3.8) is 0 Å². The Hall–Kier alpha value is -3.15. The van der Waals surface area contributed by atoms with E-state index in [4.69, 9.17) is 0 Å². The van der Waals surface area contributed by atoms with Crippen molar-refractivity contribution in [2.45, 2.75) is 0 Å². The molecule has 102 valence electrons. The van der Waals surface area contributed by atoms with Gasteiger partial charge in [-0.3, -0.25) is 14.5 Å². The molecule has 0 saturated carbocycles. The lowest BCUT2D eigenvalue weighted by Crippen LogP contribution is -2.15. The Kier molecular flexibility index (Phi) is 2.47. The van der Waals surface area contributed by atoms with Gasteiger partial charge >= 0.3 is 0 Å². The number of fused-ring (bicyclic) bond motifs is 2. The van der Waals surface area contributed by atoms with Crippen molar-refractivity contribution < 1.29 is 4.79 Å². The maximum absolute atomic E-state index is 12.3. The summed E-state index contributed by atoms with van der Waals surface area (Å²) in [4.78, 5) is 23.9. The first-order valence-electron chi connectivity index (χ1n) is 6.49. The summed E-state index contributed by atoms with van der Waals surface area (Å²) in [5.41, 5.74) is 2.88. The topological polar surface area (TPSA) is 75.1 Å². The lowest BCUT2D eigenvalue weighted by atomic mass is 10.3. The Morgan fingerprint density at radius 1 is 1.14 bits per heavy atom. The van der Waals surface area contributed by atoms with Crippen LogP contribution < -0.4 is 5.32 Å². The lowest BCUT2D eigenvalue weighted by molar-refractivity contribution is 0.102. The van der Waals surface area contributed by atoms with Crippen LogP contribution in [0.5, 0.6) is 0 Å². The number of rotatable bonds is 2. The number of H-pyrrole nitrogens is 1. The van der Waals surface area contributed by atoms with Gasteiger partial charge in [0.25, 0.3) is 5.91 Å². The maximum Gasteiger partial charge on any atom is 0.276 e. The number of anilines is 1. The molecule has 4 aromatic rings. The maximum atomic E-state index is 12.3. The minimum Gasteiger partial charge on any atom is -0.324 e. The number of hydrogen-bond donors (Lipinski definition) is 2. The third-order valence-corrected chi connectivity index (χ3v) is 3.27. The zero-order valence-electron chi connectivity index (χ0n) is 10.9. The number of carbonyl (C=O) groups excluding carboxylic acids is 1. The van der Waals surface area contributed by atoms with Gasteiger partial charge < -0.3 is 4.98 Å². The van der Waals surface area contributed by atoms with Gasteiger partial charge in [0.2, 0.25) is 5.95 Å². The highest BCUT2D eigenvalue weighted by Crippen LogP contribution is 2.14. The van der Waals surface area contributed by atoms with Gasteiger partial charge in [0.05, 0.1) is 17.2 Å². The molecule has 0 aliphatic carbocycles. The molecule has 1 aromatic carbocycles. The molecule has 0 radical (unpaired) electrons. The Bertz CT molecular complexity index is 920. The molecular weight excluding hydrogens is 266 g/mol. The van der Waals surface area contributed by atoms with Gasteiger partial charge in [-0.25, -0.2) is 9.97 Å². The Morgan fingerprint density at radius 2 is 2.00 bits per heavy atom. The number of nitrogens with one attached hydrogen (secondary N) is 2. The van der Waals surface area contributed by atoms with Gasteiger partial charge in [-0.15, -0.1) is 0 Å². The molecule has 3 aromatic heterocycles. The summed E-state index contributed by atoms with van der Waals surface area (Å²) in [6, 6.07) is 13.2. The molecule has 6 nitrogen and oxygen atoms in total. The van der Waals surface area contributed by atoms with Crippen LogP contribution in [0.4, 0.5) is 5.95 Å². The van der Waals surface area contributed by atoms with Crippen LogP contribution in [-0.4, -0.2) is 25.3 Å². The molecule has 3 heterocycles. The minimum atomic E-state index is -0.257. The summed E-state index contributed by atoms with van der Waals surface area (Å²) in [6.45, 7) is 0. The van der Waals surface area contributed by atoms with Crippen molar-refractivity contribution in [3.8, 4) is 0 Å². The number of para-hydroxylation sites is 2. The van der Waals surface area contributed by atoms with Crippen molar-refractivity contribution in [3.05, 3.63) is 60.6 Å². The van der Waals surface area contributed by atoms with Gasteiger partial charge in [-0.1, -0.05) is 18.2 Å². The molecule has 0 unspecified atom stereocenters. The molecule has 0 aliphatic heterocycles. The fourth-order valence-corrected chi connectivity index (χ4v) is 2.28. The molecule has 6 heteroatoms. The molecule has 1 amide bonds. The molecular formula is C15H11N5O. The molecule has 0 fully saturated rings. The Balaban J connectivity index is 1.69. The Morgan fingerprint density at radius 3 is 2.90 bits per heavy atom. The SMILES string of the molecule is O=C(Nc1nc2ccccc2[nH]1)c1cnc2ccccn12. The number of aromatic nitrogens is 4. The standard InChI is InChI=1S/C15H11N5O/c21-14(12-9-16-13-7-3-4-8-20(12)13)19-15-17-10-5-1-2-6-11(10)18-15/h1-9H,(H2,17,18,19,21). The van der Waals surface area contributed by atoms with E-state index in [-0.39, 0.29) is 5.91 Å². The first kappa shape index (κ1) is 11.7. The van der Waals surface area contributed by atoms with Gasteiger partial charge in [-0.05, 0) is 24.3 Å². The number of hydrogen-bond acceptors (Lipinski definition) is 3. The zero-order valence-corrected chi connectivity index (χ0v) is 10.9. The van der Waals surface area contributed by atoms with Crippen LogP contribution in [0.15, 0.2) is 54.9 Å². The number of aromatic amines is 1. The van der Waals surface area contributed by atoms with E-state index in [2.05, 4.69) is 20.3 Å². The summed E-state index contributed by atoms with van der Waals surface area (Å²) in [6.07, 6.45) is 3.35. The predicted octanol–water partition coefficient (Wildman–Crippen LogP) is 2.46. The van der Waals surface area contributed by atoms with Crippen molar-refractivity contribution in [1.29, 1.82) is 0 Å². The van der Waals surface area contributed by atoms with Crippen molar-refractivity contribution in [1.82, 2.24) is 19.4 Å². The fourth-order valence-electron chi connectivity index (χ4n) is 2.28. The third kappa shape index (κ3) is 1.93. The summed E-state index contributed by atoms with van der Waals surface area (Å²) in [5, 5.41) is 2.76. The predicted molar refractivity (Wildman–Crippen MR) is 79.2 cm³/mol. The minimum absolute atomic E-state index is 0.257. The van der Waals surface area contributed by atoms with Crippen LogP contribution in [-0.2, 0) is 0 Å². The molecule has 0 atom stereocenters. The number of benzene rings is 1. The van der Waals surface area contributed by atoms with Crippen molar-refractivity contribution in [2.24, 2.45) is 0 Å². The highest BCUT2D eigenvalue weighted by Gasteiger charge is 2.13. The van der Waals surface area contributed by atoms with Gasteiger partial charge in [0.15, 0.2) is 0 Å². The zero-order chi connectivity index (χ0) is 14.2. The van der Waals surface area contributed by atoms with Crippen LogP contribution in [0.2, 0.25) is 0 Å². The summed E-state index contributed by atoms with van der Waals surface area (Å²) < 4.78 is 1.73. The number of pyridine rings is 1. The largest absolute Gasteiger partial charge is 0.324 e. The lowest BCUT2D eigenvalue weighted by Gasteiger charge is -2.01. The molecule has 0 saturated heterocycles. The molecule has 0 spiro atoms. The number of imidazole rings is 2. The highest BCUT2D eigenvalue weighted by atomic mass is 16.2. The first-order valence-corrected chi connectivity index (χ1v) is 6.49. The average Bonchev–Trinajstić information content (AvgIpc) is 3.10. The van der Waals surface area contributed by atoms with E-state index in [0.717, 1.165) is 16.7 Å². The second-order valence-electron chi connectivity index (χ2n) is 4.63. The molecule has 4 rings (SSSR count). The summed E-state index contributed by atoms with van der Waals surface area (Å²) in [5.74, 6) is 0.167. The normalized spacial score (nSPS) is 11.0. The van der Waals surface area contributed by atoms with Gasteiger partial charge in [0, 0.05) is 6.20 Å². The van der Waals surface area contributed by atoms with E-state index < -0.39 is 0 Å². The van der Waals surface area contributed by atoms with E-state index in [1.165, 1.54) is 0 Å². The number of amides is 1. The van der Waals surface area contributed by atoms with Crippen LogP contribution in [0.25, 0.3) is 16.7 Å². The van der Waals surface area contributed by atoms with E-state index in [9.17, 15) is 4.79 Å².